The number of halogens is 1. The lowest BCUT2D eigenvalue weighted by atomic mass is 10.0. The maximum Gasteiger partial charge on any atom is 0.249 e. The van der Waals surface area contributed by atoms with Crippen LogP contribution in [0.5, 0.6) is 0 Å². The molecule has 7 heteroatoms. The fraction of sp³-hybridized carbons (Fsp3) is 0.318. The Morgan fingerprint density at radius 1 is 0.966 bits per heavy atom. The summed E-state index contributed by atoms with van der Waals surface area (Å²) in [5.41, 5.74) is 0.627. The van der Waals surface area contributed by atoms with Crippen LogP contribution in [0.25, 0.3) is 0 Å². The van der Waals surface area contributed by atoms with E-state index in [1.165, 1.54) is 18.2 Å². The lowest BCUT2D eigenvalue weighted by Gasteiger charge is -2.31. The van der Waals surface area contributed by atoms with Crippen molar-refractivity contribution in [1.82, 2.24) is 10.2 Å². The van der Waals surface area contributed by atoms with E-state index in [-0.39, 0.29) is 24.3 Å². The second kappa shape index (κ2) is 9.93. The number of Topliss-reactive ketones (excluding diaryl/α,β-unsaturated/α-hetero) is 1. The van der Waals surface area contributed by atoms with Gasteiger partial charge in [0.1, 0.15) is 11.9 Å². The van der Waals surface area contributed by atoms with Gasteiger partial charge in [0, 0.05) is 25.9 Å². The van der Waals surface area contributed by atoms with E-state index in [1.807, 2.05) is 6.07 Å². The van der Waals surface area contributed by atoms with Gasteiger partial charge in [-0.15, -0.1) is 0 Å². The molecule has 1 fully saturated rings. The number of carbonyl (C=O) groups is 3. The molecule has 1 aliphatic heterocycles. The van der Waals surface area contributed by atoms with E-state index >= 15 is 0 Å². The molecule has 0 bridgehead atoms. The molecule has 2 aromatic rings. The number of ether oxygens (including phenoxy) is 1. The molecule has 29 heavy (non-hydrogen) atoms. The number of ketones is 1. The summed E-state index contributed by atoms with van der Waals surface area (Å²) in [6.45, 7) is 1.84. The van der Waals surface area contributed by atoms with Crippen molar-refractivity contribution >= 4 is 17.6 Å². The largest absolute Gasteiger partial charge is 0.378 e. The van der Waals surface area contributed by atoms with Crippen molar-refractivity contribution in [2.75, 3.05) is 26.3 Å². The van der Waals surface area contributed by atoms with Gasteiger partial charge in [0.05, 0.1) is 18.8 Å². The summed E-state index contributed by atoms with van der Waals surface area (Å²) < 4.78 is 19.0. The molecule has 1 saturated heterocycles. The van der Waals surface area contributed by atoms with Crippen LogP contribution in [0.4, 0.5) is 4.39 Å². The van der Waals surface area contributed by atoms with E-state index in [1.54, 1.807) is 35.2 Å². The number of carbonyl (C=O) groups excluding carboxylic acids is 3. The van der Waals surface area contributed by atoms with Gasteiger partial charge in [-0.2, -0.15) is 0 Å². The number of amides is 2. The van der Waals surface area contributed by atoms with Crippen molar-refractivity contribution < 1.29 is 23.5 Å². The quantitative estimate of drug-likeness (QED) is 0.727. The number of morpholine rings is 1. The molecular weight excluding hydrogens is 375 g/mol. The molecule has 1 N–H and O–H groups in total. The summed E-state index contributed by atoms with van der Waals surface area (Å²) in [7, 11) is 0. The van der Waals surface area contributed by atoms with Crippen LogP contribution in [0, 0.1) is 5.82 Å². The van der Waals surface area contributed by atoms with Gasteiger partial charge in [-0.25, -0.2) is 4.39 Å². The third kappa shape index (κ3) is 5.48. The molecule has 2 aromatic carbocycles. The first kappa shape index (κ1) is 20.7. The molecular formula is C22H23FN2O4. The molecule has 1 atom stereocenters. The van der Waals surface area contributed by atoms with Crippen LogP contribution in [0.15, 0.2) is 54.6 Å². The molecule has 2 amide bonds. The highest BCUT2D eigenvalue weighted by atomic mass is 19.1. The Kier molecular flexibility index (Phi) is 7.08. The Hall–Kier alpha value is -3.06. The zero-order valence-corrected chi connectivity index (χ0v) is 16.0. The summed E-state index contributed by atoms with van der Waals surface area (Å²) in [4.78, 5) is 39.3. The van der Waals surface area contributed by atoms with E-state index in [0.717, 1.165) is 0 Å². The highest BCUT2D eigenvalue weighted by Crippen LogP contribution is 2.18. The number of benzene rings is 2. The predicted octanol–water partition coefficient (Wildman–Crippen LogP) is 2.50. The fourth-order valence-electron chi connectivity index (χ4n) is 3.18. The summed E-state index contributed by atoms with van der Waals surface area (Å²) >= 11 is 0. The molecule has 6 nitrogen and oxygen atoms in total. The Balaban J connectivity index is 1.65. The van der Waals surface area contributed by atoms with E-state index in [0.29, 0.717) is 31.9 Å². The van der Waals surface area contributed by atoms with E-state index in [9.17, 15) is 18.8 Å². The first-order valence-corrected chi connectivity index (χ1v) is 9.55. The zero-order chi connectivity index (χ0) is 20.6. The zero-order valence-electron chi connectivity index (χ0n) is 16.0. The van der Waals surface area contributed by atoms with Crippen LogP contribution in [0.3, 0.4) is 0 Å². The standard InChI is InChI=1S/C22H23FN2O4/c23-18-9-5-4-8-17(18)19(26)10-11-20(27)24-21(16-6-2-1-3-7-16)22(28)25-12-14-29-15-13-25/h1-9,21H,10-15H2,(H,24,27). The van der Waals surface area contributed by atoms with Crippen LogP contribution >= 0.6 is 0 Å². The molecule has 0 aromatic heterocycles. The van der Waals surface area contributed by atoms with Crippen LogP contribution < -0.4 is 5.32 Å². The van der Waals surface area contributed by atoms with Crippen molar-refractivity contribution in [3.63, 3.8) is 0 Å². The summed E-state index contributed by atoms with van der Waals surface area (Å²) in [5, 5.41) is 2.73. The van der Waals surface area contributed by atoms with E-state index < -0.39 is 23.5 Å². The molecule has 0 saturated carbocycles. The van der Waals surface area contributed by atoms with Gasteiger partial charge in [-0.05, 0) is 17.7 Å². The summed E-state index contributed by atoms with van der Waals surface area (Å²) in [5.74, 6) is -1.71. The van der Waals surface area contributed by atoms with Gasteiger partial charge in [-0.1, -0.05) is 42.5 Å². The molecule has 3 rings (SSSR count). The minimum atomic E-state index is -0.842. The number of hydrogen-bond donors (Lipinski definition) is 1. The second-order valence-electron chi connectivity index (χ2n) is 6.75. The summed E-state index contributed by atoms with van der Waals surface area (Å²) in [6, 6.07) is 13.8. The molecule has 152 valence electrons. The molecule has 0 radical (unpaired) electrons. The van der Waals surface area contributed by atoms with Crippen molar-refractivity contribution in [3.8, 4) is 0 Å². The summed E-state index contributed by atoms with van der Waals surface area (Å²) in [6.07, 6.45) is -0.271. The van der Waals surface area contributed by atoms with Gasteiger partial charge in [0.2, 0.25) is 11.8 Å². The Bertz CT molecular complexity index is 866. The Labute approximate surface area is 168 Å². The Morgan fingerprint density at radius 2 is 1.62 bits per heavy atom. The maximum atomic E-state index is 13.7. The van der Waals surface area contributed by atoms with E-state index in [2.05, 4.69) is 5.32 Å². The minimum absolute atomic E-state index is 0.0377. The highest BCUT2D eigenvalue weighted by molar-refractivity contribution is 5.98. The molecule has 1 aliphatic rings. The van der Waals surface area contributed by atoms with Gasteiger partial charge >= 0.3 is 0 Å². The van der Waals surface area contributed by atoms with Crippen molar-refractivity contribution in [3.05, 3.63) is 71.5 Å². The third-order valence-electron chi connectivity index (χ3n) is 4.76. The van der Waals surface area contributed by atoms with Crippen molar-refractivity contribution in [2.24, 2.45) is 0 Å². The SMILES string of the molecule is O=C(CCC(=O)c1ccccc1F)NC(C(=O)N1CCOCC1)c1ccccc1. The number of rotatable bonds is 7. The first-order valence-electron chi connectivity index (χ1n) is 9.55. The lowest BCUT2D eigenvalue weighted by Crippen LogP contribution is -2.47. The minimum Gasteiger partial charge on any atom is -0.378 e. The van der Waals surface area contributed by atoms with Crippen LogP contribution in [0.1, 0.15) is 34.8 Å². The van der Waals surface area contributed by atoms with Crippen molar-refractivity contribution in [1.29, 1.82) is 0 Å². The smallest absolute Gasteiger partial charge is 0.249 e. The van der Waals surface area contributed by atoms with Crippen LogP contribution in [0.2, 0.25) is 0 Å². The average Bonchev–Trinajstić information content (AvgIpc) is 2.77. The van der Waals surface area contributed by atoms with Crippen molar-refractivity contribution in [2.45, 2.75) is 18.9 Å². The average molecular weight is 398 g/mol. The molecule has 1 heterocycles. The van der Waals surface area contributed by atoms with Gasteiger partial charge in [0.15, 0.2) is 5.78 Å². The number of nitrogens with one attached hydrogen (secondary N) is 1. The van der Waals surface area contributed by atoms with Crippen LogP contribution in [-0.4, -0.2) is 48.8 Å². The topological polar surface area (TPSA) is 75.7 Å². The Morgan fingerprint density at radius 3 is 2.31 bits per heavy atom. The second-order valence-corrected chi connectivity index (χ2v) is 6.75. The van der Waals surface area contributed by atoms with Gasteiger partial charge < -0.3 is 15.0 Å². The monoisotopic (exact) mass is 398 g/mol. The van der Waals surface area contributed by atoms with Crippen LogP contribution in [-0.2, 0) is 14.3 Å². The molecule has 1 unspecified atom stereocenters. The third-order valence-corrected chi connectivity index (χ3v) is 4.76. The molecule has 0 aliphatic carbocycles. The fourth-order valence-corrected chi connectivity index (χ4v) is 3.18. The maximum absolute atomic E-state index is 13.7. The molecule has 0 spiro atoms. The predicted molar refractivity (Wildman–Crippen MR) is 105 cm³/mol. The van der Waals surface area contributed by atoms with E-state index in [4.69, 9.17) is 4.74 Å². The van der Waals surface area contributed by atoms with Gasteiger partial charge in [0.25, 0.3) is 0 Å². The van der Waals surface area contributed by atoms with Gasteiger partial charge in [-0.3, -0.25) is 14.4 Å². The normalized spacial score (nSPS) is 14.9. The number of nitrogens with zero attached hydrogens (tertiary/aromatic N) is 1. The highest BCUT2D eigenvalue weighted by Gasteiger charge is 2.28. The number of hydrogen-bond acceptors (Lipinski definition) is 4. The first-order chi connectivity index (χ1) is 14.1. The lowest BCUT2D eigenvalue weighted by molar-refractivity contribution is -0.140.